The lowest BCUT2D eigenvalue weighted by molar-refractivity contribution is -0.137. The lowest BCUT2D eigenvalue weighted by atomic mass is 10.1. The molecule has 5 rings (SSSR count). The molecule has 9 nitrogen and oxygen atoms in total. The molecule has 0 aliphatic heterocycles. The van der Waals surface area contributed by atoms with Gasteiger partial charge in [0.15, 0.2) is 0 Å². The van der Waals surface area contributed by atoms with Crippen LogP contribution in [0.3, 0.4) is 0 Å². The van der Waals surface area contributed by atoms with Crippen molar-refractivity contribution in [2.75, 3.05) is 13.7 Å². The first kappa shape index (κ1) is 26.5. The highest BCUT2D eigenvalue weighted by Gasteiger charge is 2.34. The third kappa shape index (κ3) is 4.99. The monoisotopic (exact) mass is 534 g/mol. The van der Waals surface area contributed by atoms with Gasteiger partial charge in [-0.05, 0) is 44.4 Å². The number of ether oxygens (including phenoxy) is 2. The van der Waals surface area contributed by atoms with E-state index in [2.05, 4.69) is 10.1 Å². The van der Waals surface area contributed by atoms with Gasteiger partial charge in [-0.2, -0.15) is 41.8 Å². The highest BCUT2D eigenvalue weighted by Crippen LogP contribution is 2.44. The minimum absolute atomic E-state index is 0. The summed E-state index contributed by atoms with van der Waals surface area (Å²) in [6.07, 6.45) is 0.349. The maximum Gasteiger partial charge on any atom is 0.416 e. The summed E-state index contributed by atoms with van der Waals surface area (Å²) in [5, 5.41) is 9.00. The van der Waals surface area contributed by atoms with Crippen molar-refractivity contribution in [3.63, 3.8) is 0 Å². The summed E-state index contributed by atoms with van der Waals surface area (Å²) in [6.45, 7) is 3.80. The number of carbonyl (C=O) groups is 1. The van der Waals surface area contributed by atoms with Crippen LogP contribution in [0.2, 0.25) is 0 Å². The van der Waals surface area contributed by atoms with Crippen molar-refractivity contribution < 1.29 is 27.4 Å². The summed E-state index contributed by atoms with van der Waals surface area (Å²) < 4.78 is 52.8. The fraction of sp³-hybridized carbons (Fsp3) is 0.375. The van der Waals surface area contributed by atoms with Gasteiger partial charge < -0.3 is 9.47 Å². The molecule has 3 heterocycles. The molecule has 0 amide bonds. The van der Waals surface area contributed by atoms with E-state index in [-0.39, 0.29) is 43.4 Å². The van der Waals surface area contributed by atoms with Gasteiger partial charge in [-0.15, -0.1) is 0 Å². The van der Waals surface area contributed by atoms with E-state index in [0.717, 1.165) is 30.7 Å². The van der Waals surface area contributed by atoms with Crippen LogP contribution in [0.4, 0.5) is 13.2 Å². The Morgan fingerprint density at radius 3 is 2.49 bits per heavy atom. The number of carbonyl (C=O) groups excluding carboxylic acids is 1. The zero-order valence-corrected chi connectivity index (χ0v) is 21.3. The Bertz CT molecular complexity index is 1430. The Morgan fingerprint density at radius 2 is 1.89 bits per heavy atom. The predicted molar refractivity (Wildman–Crippen MR) is 133 cm³/mol. The molecule has 0 bridgehead atoms. The molecule has 37 heavy (non-hydrogen) atoms. The van der Waals surface area contributed by atoms with Crippen molar-refractivity contribution in [1.29, 1.82) is 0 Å². The van der Waals surface area contributed by atoms with Crippen LogP contribution in [0, 0.1) is 0 Å². The number of methoxy groups -OCH3 is 1. The summed E-state index contributed by atoms with van der Waals surface area (Å²) >= 11 is 0. The zero-order valence-electron chi connectivity index (χ0n) is 20.3. The van der Waals surface area contributed by atoms with Gasteiger partial charge in [0.2, 0.25) is 5.88 Å². The average Bonchev–Trinajstić information content (AvgIpc) is 3.44. The van der Waals surface area contributed by atoms with E-state index in [0.29, 0.717) is 16.6 Å². The van der Waals surface area contributed by atoms with Gasteiger partial charge in [-0.25, -0.2) is 14.5 Å². The highest BCUT2D eigenvalue weighted by atomic mass is 32.1. The predicted octanol–water partition coefficient (Wildman–Crippen LogP) is 4.82. The van der Waals surface area contributed by atoms with Gasteiger partial charge >= 0.3 is 12.1 Å². The van der Waals surface area contributed by atoms with Gasteiger partial charge in [0, 0.05) is 12.1 Å². The first-order valence-corrected chi connectivity index (χ1v) is 11.4. The van der Waals surface area contributed by atoms with Crippen molar-refractivity contribution in [2.45, 2.75) is 44.8 Å². The molecule has 0 spiro atoms. The van der Waals surface area contributed by atoms with Gasteiger partial charge in [0.25, 0.3) is 5.95 Å². The molecule has 0 N–H and O–H groups in total. The SMILES string of the molecule is CCOC(=O)c1cnn(-c2nc(OC)c3c(n2)c(C2CC2)nn3[C@@H](C)c2ccc(C(F)(F)F)cc2)c1.S. The Labute approximate surface area is 217 Å². The molecule has 4 aromatic rings. The first-order chi connectivity index (χ1) is 17.2. The molecule has 1 aliphatic carbocycles. The summed E-state index contributed by atoms with van der Waals surface area (Å²) in [5.74, 6) is 0.141. The topological polar surface area (TPSA) is 96.9 Å². The van der Waals surface area contributed by atoms with Crippen molar-refractivity contribution >= 4 is 30.5 Å². The number of halogens is 3. The van der Waals surface area contributed by atoms with Crippen molar-refractivity contribution in [1.82, 2.24) is 29.5 Å². The van der Waals surface area contributed by atoms with Crippen LogP contribution in [0.25, 0.3) is 17.0 Å². The molecule has 3 aromatic heterocycles. The van der Waals surface area contributed by atoms with E-state index in [9.17, 15) is 18.0 Å². The second-order valence-corrected chi connectivity index (χ2v) is 8.52. The van der Waals surface area contributed by atoms with Crippen LogP contribution < -0.4 is 4.74 Å². The zero-order chi connectivity index (χ0) is 25.6. The van der Waals surface area contributed by atoms with Crippen LogP contribution in [-0.4, -0.2) is 49.2 Å². The van der Waals surface area contributed by atoms with E-state index < -0.39 is 23.8 Å². The molecule has 0 unspecified atom stereocenters. The summed E-state index contributed by atoms with van der Waals surface area (Å²) in [6, 6.07) is 4.60. The van der Waals surface area contributed by atoms with Crippen LogP contribution >= 0.6 is 13.5 Å². The van der Waals surface area contributed by atoms with Gasteiger partial charge in [-0.1, -0.05) is 12.1 Å². The maximum atomic E-state index is 13.0. The summed E-state index contributed by atoms with van der Waals surface area (Å²) in [5.41, 5.74) is 2.07. The quantitative estimate of drug-likeness (QED) is 0.314. The second-order valence-electron chi connectivity index (χ2n) is 8.52. The Hall–Kier alpha value is -3.61. The van der Waals surface area contributed by atoms with E-state index in [4.69, 9.17) is 19.6 Å². The first-order valence-electron chi connectivity index (χ1n) is 11.4. The number of fused-ring (bicyclic) bond motifs is 1. The number of aromatic nitrogens is 6. The average molecular weight is 535 g/mol. The molecular formula is C24H25F3N6O3S. The third-order valence-electron chi connectivity index (χ3n) is 6.07. The molecule has 13 heteroatoms. The van der Waals surface area contributed by atoms with Crippen LogP contribution in [-0.2, 0) is 10.9 Å². The lowest BCUT2D eigenvalue weighted by Crippen LogP contribution is -2.12. The van der Waals surface area contributed by atoms with Gasteiger partial charge in [0.1, 0.15) is 11.0 Å². The normalized spacial score (nSPS) is 14.3. The molecule has 196 valence electrons. The second kappa shape index (κ2) is 10.0. The minimum atomic E-state index is -4.41. The van der Waals surface area contributed by atoms with Crippen LogP contribution in [0.15, 0.2) is 36.7 Å². The minimum Gasteiger partial charge on any atom is -0.479 e. The number of nitrogens with zero attached hydrogens (tertiary/aromatic N) is 6. The largest absolute Gasteiger partial charge is 0.479 e. The number of alkyl halides is 3. The number of hydrogen-bond donors (Lipinski definition) is 0. The molecule has 1 atom stereocenters. The molecule has 1 fully saturated rings. The Kier molecular flexibility index (Phi) is 7.18. The molecule has 0 saturated heterocycles. The standard InChI is InChI=1S/C24H23F3N6O3.H2S/c1-4-36-22(34)16-11-28-32(12-16)23-29-19-18(15-5-6-15)31-33(20(19)21(30-23)35-3)13(2)14-7-9-17(10-8-14)24(25,26)27;/h7-13,15H,4-6H2,1-3H3;1H2/t13-;/m0./s1. The number of hydrogen-bond acceptors (Lipinski definition) is 7. The van der Waals surface area contributed by atoms with Crippen molar-refractivity contribution in [3.8, 4) is 11.8 Å². The molecule has 1 aliphatic rings. The number of rotatable bonds is 7. The molecule has 1 saturated carbocycles. The van der Waals surface area contributed by atoms with E-state index in [1.807, 2.05) is 6.92 Å². The fourth-order valence-electron chi connectivity index (χ4n) is 4.02. The van der Waals surface area contributed by atoms with E-state index in [1.54, 1.807) is 11.6 Å². The Morgan fingerprint density at radius 1 is 1.19 bits per heavy atom. The van der Waals surface area contributed by atoms with Crippen LogP contribution in [0.5, 0.6) is 5.88 Å². The van der Waals surface area contributed by atoms with Crippen molar-refractivity contribution in [2.24, 2.45) is 0 Å². The molecule has 1 aromatic carbocycles. The third-order valence-corrected chi connectivity index (χ3v) is 6.07. The van der Waals surface area contributed by atoms with Crippen molar-refractivity contribution in [3.05, 3.63) is 59.0 Å². The molecule has 0 radical (unpaired) electrons. The summed E-state index contributed by atoms with van der Waals surface area (Å²) in [7, 11) is 1.47. The van der Waals surface area contributed by atoms with Gasteiger partial charge in [-0.3, -0.25) is 4.68 Å². The number of esters is 1. The number of benzene rings is 1. The smallest absolute Gasteiger partial charge is 0.416 e. The maximum absolute atomic E-state index is 13.0. The highest BCUT2D eigenvalue weighted by molar-refractivity contribution is 7.59. The lowest BCUT2D eigenvalue weighted by Gasteiger charge is -2.16. The Balaban J connectivity index is 0.00000320. The fourth-order valence-corrected chi connectivity index (χ4v) is 4.02. The van der Waals surface area contributed by atoms with E-state index in [1.165, 1.54) is 36.3 Å². The molecular weight excluding hydrogens is 509 g/mol. The van der Waals surface area contributed by atoms with Crippen LogP contribution in [0.1, 0.15) is 65.8 Å². The van der Waals surface area contributed by atoms with Gasteiger partial charge in [0.05, 0.1) is 42.8 Å². The summed E-state index contributed by atoms with van der Waals surface area (Å²) in [4.78, 5) is 21.2. The van der Waals surface area contributed by atoms with E-state index >= 15 is 0 Å².